The third-order valence-corrected chi connectivity index (χ3v) is 2.76. The molecule has 1 aromatic rings. The van der Waals surface area contributed by atoms with Crippen LogP contribution in [0.15, 0.2) is 22.7 Å². The van der Waals surface area contributed by atoms with Crippen molar-refractivity contribution in [3.8, 4) is 11.5 Å². The molecule has 0 aliphatic heterocycles. The molecule has 0 radical (unpaired) electrons. The van der Waals surface area contributed by atoms with E-state index in [9.17, 15) is 9.59 Å². The van der Waals surface area contributed by atoms with Crippen LogP contribution in [0.3, 0.4) is 0 Å². The lowest BCUT2D eigenvalue weighted by Gasteiger charge is -2.13. The molecular weight excluding hydrogens is 312 g/mol. The van der Waals surface area contributed by atoms with Gasteiger partial charge >= 0.3 is 11.9 Å². The van der Waals surface area contributed by atoms with Crippen molar-refractivity contribution in [1.82, 2.24) is 0 Å². The Bertz CT molecular complexity index is 480. The predicted octanol–water partition coefficient (Wildman–Crippen LogP) is 3.57. The molecule has 0 aromatic heterocycles. The quantitative estimate of drug-likeness (QED) is 0.626. The molecule has 0 bridgehead atoms. The maximum Gasteiger partial charge on any atom is 0.313 e. The summed E-state index contributed by atoms with van der Waals surface area (Å²) in [5.74, 6) is -0.771. The number of halogens is 1. The molecule has 0 unspecified atom stereocenters. The maximum atomic E-state index is 11.6. The Morgan fingerprint density at radius 3 is 1.89 bits per heavy atom. The SMILES string of the molecule is CC(C)C(=O)Oc1ccc(Br)cc1OC(=O)C(C)C. The van der Waals surface area contributed by atoms with E-state index in [4.69, 9.17) is 9.47 Å². The minimum absolute atomic E-state index is 0.238. The van der Waals surface area contributed by atoms with Crippen LogP contribution >= 0.6 is 15.9 Å². The van der Waals surface area contributed by atoms with E-state index in [1.165, 1.54) is 0 Å². The average molecular weight is 329 g/mol. The van der Waals surface area contributed by atoms with Crippen LogP contribution < -0.4 is 9.47 Å². The van der Waals surface area contributed by atoms with Crippen molar-refractivity contribution < 1.29 is 19.1 Å². The van der Waals surface area contributed by atoms with Crippen LogP contribution in [0, 0.1) is 11.8 Å². The molecule has 5 heteroatoms. The van der Waals surface area contributed by atoms with Gasteiger partial charge in [-0.05, 0) is 18.2 Å². The van der Waals surface area contributed by atoms with E-state index in [0.717, 1.165) is 4.47 Å². The highest BCUT2D eigenvalue weighted by molar-refractivity contribution is 9.10. The summed E-state index contributed by atoms with van der Waals surface area (Å²) in [4.78, 5) is 23.2. The normalized spacial score (nSPS) is 10.7. The fourth-order valence-corrected chi connectivity index (χ4v) is 1.44. The first-order valence-electron chi connectivity index (χ1n) is 6.04. The van der Waals surface area contributed by atoms with Crippen molar-refractivity contribution in [3.05, 3.63) is 22.7 Å². The number of rotatable bonds is 4. The van der Waals surface area contributed by atoms with Crippen molar-refractivity contribution in [3.63, 3.8) is 0 Å². The third kappa shape index (κ3) is 4.67. The van der Waals surface area contributed by atoms with Gasteiger partial charge < -0.3 is 9.47 Å². The van der Waals surface area contributed by atoms with Gasteiger partial charge in [-0.15, -0.1) is 0 Å². The van der Waals surface area contributed by atoms with E-state index >= 15 is 0 Å². The Balaban J connectivity index is 2.98. The number of carbonyl (C=O) groups is 2. The number of hydrogen-bond donors (Lipinski definition) is 0. The van der Waals surface area contributed by atoms with Gasteiger partial charge in [-0.2, -0.15) is 0 Å². The van der Waals surface area contributed by atoms with Crippen molar-refractivity contribution in [2.45, 2.75) is 27.7 Å². The molecule has 0 amide bonds. The van der Waals surface area contributed by atoms with Gasteiger partial charge in [0.2, 0.25) is 0 Å². The van der Waals surface area contributed by atoms with Gasteiger partial charge in [0.1, 0.15) is 0 Å². The molecule has 0 saturated heterocycles. The number of hydrogen-bond acceptors (Lipinski definition) is 4. The van der Waals surface area contributed by atoms with Gasteiger partial charge in [-0.1, -0.05) is 43.6 Å². The Labute approximate surface area is 121 Å². The number of benzene rings is 1. The molecule has 0 N–H and O–H groups in total. The molecule has 104 valence electrons. The van der Waals surface area contributed by atoms with Crippen molar-refractivity contribution in [2.24, 2.45) is 11.8 Å². The molecule has 0 atom stereocenters. The topological polar surface area (TPSA) is 52.6 Å². The van der Waals surface area contributed by atoms with Crippen LogP contribution in [0.4, 0.5) is 0 Å². The van der Waals surface area contributed by atoms with Crippen LogP contribution in [0.25, 0.3) is 0 Å². The predicted molar refractivity (Wildman–Crippen MR) is 75.1 cm³/mol. The second-order valence-corrected chi connectivity index (χ2v) is 5.66. The standard InChI is InChI=1S/C14H17BrO4/c1-8(2)13(16)18-11-6-5-10(15)7-12(11)19-14(17)9(3)4/h5-9H,1-4H3. The monoisotopic (exact) mass is 328 g/mol. The maximum absolute atomic E-state index is 11.6. The van der Waals surface area contributed by atoms with Gasteiger partial charge in [0.05, 0.1) is 11.8 Å². The molecule has 0 aliphatic rings. The summed E-state index contributed by atoms with van der Waals surface area (Å²) in [6.45, 7) is 6.95. The largest absolute Gasteiger partial charge is 0.422 e. The molecule has 1 aromatic carbocycles. The third-order valence-electron chi connectivity index (χ3n) is 2.27. The smallest absolute Gasteiger partial charge is 0.313 e. The zero-order chi connectivity index (χ0) is 14.6. The molecule has 0 spiro atoms. The fourth-order valence-electron chi connectivity index (χ4n) is 1.10. The summed E-state index contributed by atoms with van der Waals surface area (Å²) in [5, 5.41) is 0. The Morgan fingerprint density at radius 2 is 1.42 bits per heavy atom. The second kappa shape index (κ2) is 6.70. The summed E-state index contributed by atoms with van der Waals surface area (Å²) < 4.78 is 11.2. The Kier molecular flexibility index (Phi) is 5.54. The molecule has 1 rings (SSSR count). The van der Waals surface area contributed by atoms with E-state index in [0.29, 0.717) is 0 Å². The minimum atomic E-state index is -0.375. The highest BCUT2D eigenvalue weighted by Crippen LogP contribution is 2.31. The van der Waals surface area contributed by atoms with E-state index in [-0.39, 0.29) is 35.3 Å². The van der Waals surface area contributed by atoms with E-state index in [2.05, 4.69) is 15.9 Å². The number of esters is 2. The summed E-state index contributed by atoms with van der Waals surface area (Å²) in [6.07, 6.45) is 0. The first-order chi connectivity index (χ1) is 8.81. The molecule has 0 heterocycles. The van der Waals surface area contributed by atoms with Crippen molar-refractivity contribution >= 4 is 27.9 Å². The van der Waals surface area contributed by atoms with Crippen LogP contribution in [0.1, 0.15) is 27.7 Å². The Morgan fingerprint density at radius 1 is 0.947 bits per heavy atom. The summed E-state index contributed by atoms with van der Waals surface area (Å²) in [5.41, 5.74) is 0. The first-order valence-corrected chi connectivity index (χ1v) is 6.83. The zero-order valence-corrected chi connectivity index (χ0v) is 13.0. The van der Waals surface area contributed by atoms with Crippen LogP contribution in [-0.2, 0) is 9.59 Å². The van der Waals surface area contributed by atoms with Gasteiger partial charge in [-0.3, -0.25) is 9.59 Å². The van der Waals surface area contributed by atoms with Crippen molar-refractivity contribution in [1.29, 1.82) is 0 Å². The molecule has 0 aliphatic carbocycles. The highest BCUT2D eigenvalue weighted by Gasteiger charge is 2.17. The summed E-state index contributed by atoms with van der Waals surface area (Å²) in [6, 6.07) is 4.91. The molecular formula is C14H17BrO4. The minimum Gasteiger partial charge on any atom is -0.422 e. The molecule has 19 heavy (non-hydrogen) atoms. The fraction of sp³-hybridized carbons (Fsp3) is 0.429. The lowest BCUT2D eigenvalue weighted by atomic mass is 10.2. The highest BCUT2D eigenvalue weighted by atomic mass is 79.9. The van der Waals surface area contributed by atoms with Gasteiger partial charge in [0.15, 0.2) is 11.5 Å². The van der Waals surface area contributed by atoms with E-state index < -0.39 is 0 Å². The van der Waals surface area contributed by atoms with Crippen LogP contribution in [0.2, 0.25) is 0 Å². The van der Waals surface area contributed by atoms with Crippen LogP contribution in [-0.4, -0.2) is 11.9 Å². The number of ether oxygens (including phenoxy) is 2. The average Bonchev–Trinajstić information content (AvgIpc) is 2.32. The van der Waals surface area contributed by atoms with Gasteiger partial charge in [0.25, 0.3) is 0 Å². The van der Waals surface area contributed by atoms with Crippen molar-refractivity contribution in [2.75, 3.05) is 0 Å². The lowest BCUT2D eigenvalue weighted by molar-refractivity contribution is -0.140. The summed E-state index contributed by atoms with van der Waals surface area (Å²) >= 11 is 3.29. The van der Waals surface area contributed by atoms with E-state index in [1.807, 2.05) is 0 Å². The molecule has 4 nitrogen and oxygen atoms in total. The first kappa shape index (κ1) is 15.7. The van der Waals surface area contributed by atoms with Gasteiger partial charge in [0, 0.05) is 4.47 Å². The zero-order valence-electron chi connectivity index (χ0n) is 11.4. The van der Waals surface area contributed by atoms with E-state index in [1.54, 1.807) is 45.9 Å². The Hall–Kier alpha value is -1.36. The van der Waals surface area contributed by atoms with Crippen LogP contribution in [0.5, 0.6) is 11.5 Å². The lowest BCUT2D eigenvalue weighted by Crippen LogP contribution is -2.18. The second-order valence-electron chi connectivity index (χ2n) is 4.74. The molecule has 0 fully saturated rings. The van der Waals surface area contributed by atoms with Gasteiger partial charge in [-0.25, -0.2) is 0 Å². The number of carbonyl (C=O) groups excluding carboxylic acids is 2. The molecule has 0 saturated carbocycles. The summed E-state index contributed by atoms with van der Waals surface area (Å²) in [7, 11) is 0.